The number of hydrogen-bond donors (Lipinski definition) is 0. The fourth-order valence-corrected chi connectivity index (χ4v) is 2.79. The van der Waals surface area contributed by atoms with Gasteiger partial charge in [-0.15, -0.1) is 0 Å². The largest absolute Gasteiger partial charge is 0.252 e. The van der Waals surface area contributed by atoms with Crippen LogP contribution in [-0.2, 0) is 0 Å². The van der Waals surface area contributed by atoms with E-state index in [0.29, 0.717) is 5.92 Å². The first-order valence-electron chi connectivity index (χ1n) is 9.33. The number of nitrogens with zero attached hydrogens (tertiary/aromatic N) is 1. The van der Waals surface area contributed by atoms with E-state index in [2.05, 4.69) is 52.8 Å². The molecule has 2 heteroatoms. The van der Waals surface area contributed by atoms with Crippen LogP contribution in [0.1, 0.15) is 73.6 Å². The minimum atomic E-state index is 0.658. The van der Waals surface area contributed by atoms with Crippen molar-refractivity contribution in [2.24, 2.45) is 16.8 Å². The highest BCUT2D eigenvalue weighted by Crippen LogP contribution is 2.36. The van der Waals surface area contributed by atoms with E-state index in [1.54, 1.807) is 0 Å². The normalized spacial score (nSPS) is 18.6. The minimum absolute atomic E-state index is 0.658. The molecule has 0 unspecified atom stereocenters. The van der Waals surface area contributed by atoms with Crippen molar-refractivity contribution in [1.82, 2.24) is 0 Å². The van der Waals surface area contributed by atoms with E-state index in [4.69, 9.17) is 16.6 Å². The van der Waals surface area contributed by atoms with Crippen molar-refractivity contribution in [2.45, 2.75) is 73.6 Å². The second-order valence-corrected chi connectivity index (χ2v) is 7.63. The van der Waals surface area contributed by atoms with Crippen LogP contribution < -0.4 is 0 Å². The van der Waals surface area contributed by atoms with Crippen molar-refractivity contribution in [3.05, 3.63) is 46.2 Å². The summed E-state index contributed by atoms with van der Waals surface area (Å²) in [6, 6.07) is 0. The summed E-state index contributed by atoms with van der Waals surface area (Å²) in [4.78, 5) is 4.85. The van der Waals surface area contributed by atoms with Crippen LogP contribution in [0.4, 0.5) is 0 Å². The topological polar surface area (TPSA) is 12.4 Å². The summed E-state index contributed by atoms with van der Waals surface area (Å²) in [5.74, 6) is 1.52. The Bertz CT molecular complexity index is 555. The van der Waals surface area contributed by atoms with E-state index >= 15 is 0 Å². The molecule has 0 atom stereocenters. The molecule has 0 saturated heterocycles. The van der Waals surface area contributed by atoms with Crippen molar-refractivity contribution in [2.75, 3.05) is 0 Å². The Balaban J connectivity index is 3.28. The predicted octanol–water partition coefficient (Wildman–Crippen LogP) is 7.60. The average Bonchev–Trinajstić information content (AvgIpc) is 3.32. The molecule has 0 aromatic rings. The lowest BCUT2D eigenvalue weighted by Gasteiger charge is -2.13. The molecular formula is C22H34ClN. The molecule has 1 fully saturated rings. The van der Waals surface area contributed by atoms with Crippen LogP contribution in [0.15, 0.2) is 51.2 Å². The van der Waals surface area contributed by atoms with Crippen molar-refractivity contribution < 1.29 is 0 Å². The maximum absolute atomic E-state index is 6.54. The predicted molar refractivity (Wildman–Crippen MR) is 110 cm³/mol. The van der Waals surface area contributed by atoms with Gasteiger partial charge in [-0.25, -0.2) is 0 Å². The maximum Gasteiger partial charge on any atom is 0.0887 e. The first-order chi connectivity index (χ1) is 11.4. The molecule has 1 saturated carbocycles. The molecule has 0 spiro atoms. The lowest BCUT2D eigenvalue weighted by atomic mass is 9.97. The standard InChI is InChI=1S/C22H34ClN/c1-7-10-18(6)24-22(21(23)8-2)20(12-9-11-16(3)4)17(5)15-19-13-14-19/h8-10,12,16,19H,7,11,13-15H2,1-6H3/b12-9-,18-10+,20-17+,21-8+,24-22-. The molecule has 24 heavy (non-hydrogen) atoms. The highest BCUT2D eigenvalue weighted by atomic mass is 35.5. The monoisotopic (exact) mass is 347 g/mol. The summed E-state index contributed by atoms with van der Waals surface area (Å²) in [5, 5.41) is 0.734. The fourth-order valence-electron chi connectivity index (χ4n) is 2.64. The second kappa shape index (κ2) is 10.7. The van der Waals surface area contributed by atoms with E-state index in [1.807, 2.05) is 13.0 Å². The zero-order valence-corrected chi connectivity index (χ0v) is 17.1. The van der Waals surface area contributed by atoms with Gasteiger partial charge in [0, 0.05) is 11.3 Å². The smallest absolute Gasteiger partial charge is 0.0887 e. The van der Waals surface area contributed by atoms with Gasteiger partial charge in [0.05, 0.1) is 10.7 Å². The maximum atomic E-state index is 6.54. The molecule has 134 valence electrons. The molecule has 0 radical (unpaired) electrons. The zero-order chi connectivity index (χ0) is 18.1. The molecule has 1 nitrogen and oxygen atoms in total. The van der Waals surface area contributed by atoms with Crippen molar-refractivity contribution in [3.8, 4) is 0 Å². The summed E-state index contributed by atoms with van der Waals surface area (Å²) in [6.45, 7) is 12.9. The SMILES string of the molecule is C\C=C(Cl)/C(=N\C(C)=C\CC)C(/C=C\CC(C)C)=C(\C)CC1CC1. The van der Waals surface area contributed by atoms with Gasteiger partial charge < -0.3 is 0 Å². The molecule has 0 aromatic carbocycles. The van der Waals surface area contributed by atoms with Gasteiger partial charge in [0.1, 0.15) is 0 Å². The van der Waals surface area contributed by atoms with Crippen LogP contribution in [0.2, 0.25) is 0 Å². The van der Waals surface area contributed by atoms with Gasteiger partial charge in [-0.2, -0.15) is 0 Å². The summed E-state index contributed by atoms with van der Waals surface area (Å²) in [7, 11) is 0. The second-order valence-electron chi connectivity index (χ2n) is 7.22. The lowest BCUT2D eigenvalue weighted by molar-refractivity contribution is 0.663. The van der Waals surface area contributed by atoms with Gasteiger partial charge in [-0.1, -0.05) is 62.2 Å². The van der Waals surface area contributed by atoms with Crippen molar-refractivity contribution in [1.29, 1.82) is 0 Å². The third-order valence-electron chi connectivity index (χ3n) is 4.17. The molecule has 1 aliphatic carbocycles. The fraction of sp³-hybridized carbons (Fsp3) is 0.591. The van der Waals surface area contributed by atoms with Crippen LogP contribution in [0, 0.1) is 11.8 Å². The number of hydrogen-bond acceptors (Lipinski definition) is 1. The molecule has 0 aliphatic heterocycles. The van der Waals surface area contributed by atoms with E-state index in [0.717, 1.165) is 41.6 Å². The lowest BCUT2D eigenvalue weighted by Crippen LogP contribution is -2.06. The van der Waals surface area contributed by atoms with Gasteiger partial charge >= 0.3 is 0 Å². The number of allylic oxidation sites excluding steroid dienone is 8. The Hall–Kier alpha value is -1.08. The Morgan fingerprint density at radius 1 is 1.25 bits per heavy atom. The number of aliphatic imine (C=N–C) groups is 1. The number of rotatable bonds is 9. The van der Waals surface area contributed by atoms with Crippen molar-refractivity contribution in [3.63, 3.8) is 0 Å². The summed E-state index contributed by atoms with van der Waals surface area (Å²) in [6.07, 6.45) is 14.5. The van der Waals surface area contributed by atoms with Gasteiger partial charge in [0.15, 0.2) is 0 Å². The van der Waals surface area contributed by atoms with E-state index in [9.17, 15) is 0 Å². The van der Waals surface area contributed by atoms with Crippen LogP contribution in [0.3, 0.4) is 0 Å². The van der Waals surface area contributed by atoms with Gasteiger partial charge in [0.2, 0.25) is 0 Å². The molecule has 0 aromatic heterocycles. The first kappa shape index (κ1) is 21.0. The third kappa shape index (κ3) is 7.66. The Labute approximate surface area is 154 Å². The van der Waals surface area contributed by atoms with E-state index in [-0.39, 0.29) is 0 Å². The Morgan fingerprint density at radius 2 is 1.92 bits per heavy atom. The highest BCUT2D eigenvalue weighted by Gasteiger charge is 2.23. The number of halogens is 1. The molecule has 0 bridgehead atoms. The van der Waals surface area contributed by atoms with E-state index in [1.165, 1.54) is 24.0 Å². The molecule has 0 heterocycles. The van der Waals surface area contributed by atoms with E-state index < -0.39 is 0 Å². The molecule has 1 rings (SSSR count). The summed E-state index contributed by atoms with van der Waals surface area (Å²) >= 11 is 6.54. The van der Waals surface area contributed by atoms with Crippen LogP contribution in [0.25, 0.3) is 0 Å². The Kier molecular flexibility index (Phi) is 9.36. The molecular weight excluding hydrogens is 314 g/mol. The average molecular weight is 348 g/mol. The van der Waals surface area contributed by atoms with Gasteiger partial charge in [-0.3, -0.25) is 4.99 Å². The minimum Gasteiger partial charge on any atom is -0.252 e. The van der Waals surface area contributed by atoms with Gasteiger partial charge in [0.25, 0.3) is 0 Å². The van der Waals surface area contributed by atoms with Crippen molar-refractivity contribution >= 4 is 17.3 Å². The zero-order valence-electron chi connectivity index (χ0n) is 16.3. The molecule has 1 aliphatic rings. The quantitative estimate of drug-likeness (QED) is 0.300. The molecule has 0 N–H and O–H groups in total. The third-order valence-corrected chi connectivity index (χ3v) is 4.56. The Morgan fingerprint density at radius 3 is 2.42 bits per heavy atom. The van der Waals surface area contributed by atoms with Gasteiger partial charge in [-0.05, 0) is 64.7 Å². The van der Waals surface area contributed by atoms with Crippen LogP contribution >= 0.6 is 11.6 Å². The first-order valence-corrected chi connectivity index (χ1v) is 9.71. The van der Waals surface area contributed by atoms with Crippen LogP contribution in [0.5, 0.6) is 0 Å². The summed E-state index contributed by atoms with van der Waals surface area (Å²) in [5.41, 5.74) is 4.55. The summed E-state index contributed by atoms with van der Waals surface area (Å²) < 4.78 is 0. The highest BCUT2D eigenvalue weighted by molar-refractivity contribution is 6.46. The van der Waals surface area contributed by atoms with Crippen LogP contribution in [-0.4, -0.2) is 5.71 Å². The molecule has 0 amide bonds.